The highest BCUT2D eigenvalue weighted by Crippen LogP contribution is 2.45. The third-order valence-corrected chi connectivity index (χ3v) is 14.0. The molecule has 4 fully saturated rings. The fraction of sp³-hybridized carbons (Fsp3) is 0.545. The fourth-order valence-corrected chi connectivity index (χ4v) is 10.8. The molecule has 0 amide bonds. The highest BCUT2D eigenvalue weighted by Gasteiger charge is 2.56. The van der Waals surface area contributed by atoms with E-state index < -0.39 is 17.3 Å². The van der Waals surface area contributed by atoms with Crippen molar-refractivity contribution in [2.75, 3.05) is 28.3 Å². The van der Waals surface area contributed by atoms with E-state index >= 15 is 0 Å². The van der Waals surface area contributed by atoms with Gasteiger partial charge < -0.3 is 49.3 Å². The van der Waals surface area contributed by atoms with Crippen LogP contribution in [0.15, 0.2) is 96.0 Å². The van der Waals surface area contributed by atoms with E-state index in [1.807, 2.05) is 60.7 Å². The van der Waals surface area contributed by atoms with Gasteiger partial charge in [-0.3, -0.25) is 9.98 Å². The van der Waals surface area contributed by atoms with Crippen LogP contribution in [0.5, 0.6) is 11.5 Å². The Kier molecular flexibility index (Phi) is 15.1. The summed E-state index contributed by atoms with van der Waals surface area (Å²) in [7, 11) is 6.84. The maximum atomic E-state index is 11.4. The van der Waals surface area contributed by atoms with Crippen LogP contribution in [0, 0.1) is 11.8 Å². The molecular weight excluding hydrogens is 777 g/mol. The Hall–Kier alpha value is -3.34. The first-order valence-corrected chi connectivity index (χ1v) is 21.7. The zero-order valence-corrected chi connectivity index (χ0v) is 36.0. The van der Waals surface area contributed by atoms with Crippen LogP contribution < -0.4 is 20.1 Å². The molecule has 4 aliphatic heterocycles. The molecule has 0 unspecified atom stereocenters. The van der Waals surface area contributed by atoms with Crippen LogP contribution in [0.25, 0.3) is 0 Å². The number of nitrogens with one attached hydrogen (secondary N) is 2. The van der Waals surface area contributed by atoms with Crippen molar-refractivity contribution < 1.29 is 38.6 Å². The Morgan fingerprint density at radius 2 is 1.22 bits per heavy atom. The Labute approximate surface area is 351 Å². The Morgan fingerprint density at radius 1 is 0.776 bits per heavy atom. The number of methoxy groups -OCH3 is 2. The van der Waals surface area contributed by atoms with Gasteiger partial charge in [0.25, 0.3) is 0 Å². The molecule has 0 bridgehead atoms. The van der Waals surface area contributed by atoms with Crippen LogP contribution in [0.3, 0.4) is 0 Å². The molecule has 2 aromatic rings. The third kappa shape index (κ3) is 9.82. The molecule has 2 aromatic carbocycles. The second kappa shape index (κ2) is 19.8. The lowest BCUT2D eigenvalue weighted by Crippen LogP contribution is -2.62. The minimum Gasteiger partial charge on any atom is -0.497 e. The summed E-state index contributed by atoms with van der Waals surface area (Å²) in [6, 6.07) is 15.7. The standard InChI is InChI=1S/C23H32N2O4S.C21H28N2O4S/c1-6-12-23(26,13-7-2)20-15(3)19(18-21(29-20)30-22(24-4)25-18)28-14-16-8-10-17(27-5)11-9-16;1-13-17(26-12-14-6-8-15(25-3)9-7-14)16-19(28-20(22-2)23-16)27-18(13)21(24)10-4-5-11-21/h6-11,15,18-21,26H,1-2,12-14H2,3-5H3,(H,24,25);4-9,13,16-19,24H,10-12H2,1-3H3,(H,22,23)/t15-,18+,19-,20-,21+;13-,16+,17-,18-,19+/m00/s1. The van der Waals surface area contributed by atoms with Gasteiger partial charge >= 0.3 is 0 Å². The second-order valence-corrected chi connectivity index (χ2v) is 17.7. The first-order valence-electron chi connectivity index (χ1n) is 19.9. The van der Waals surface area contributed by atoms with Gasteiger partial charge in [0.05, 0.1) is 75.1 Å². The first-order chi connectivity index (χ1) is 28.0. The summed E-state index contributed by atoms with van der Waals surface area (Å²) in [6.07, 6.45) is 8.67. The molecule has 14 heteroatoms. The van der Waals surface area contributed by atoms with Crippen molar-refractivity contribution in [3.8, 4) is 11.5 Å². The molecule has 1 aliphatic carbocycles. The van der Waals surface area contributed by atoms with Crippen LogP contribution in [-0.4, -0.2) is 107 Å². The Balaban J connectivity index is 0.000000196. The van der Waals surface area contributed by atoms with Crippen LogP contribution in [-0.2, 0) is 32.2 Å². The second-order valence-electron chi connectivity index (χ2n) is 15.5. The van der Waals surface area contributed by atoms with Crippen molar-refractivity contribution in [3.05, 3.63) is 97.1 Å². The highest BCUT2D eigenvalue weighted by atomic mass is 32.2. The average molecular weight is 837 g/mol. The summed E-state index contributed by atoms with van der Waals surface area (Å²) in [5.74, 6) is 1.62. The summed E-state index contributed by atoms with van der Waals surface area (Å²) in [6.45, 7) is 12.8. The number of fused-ring (bicyclic) bond motifs is 2. The summed E-state index contributed by atoms with van der Waals surface area (Å²) in [5.41, 5.74) is -0.104. The molecule has 10 atom stereocenters. The van der Waals surface area contributed by atoms with Gasteiger partial charge in [0.1, 0.15) is 22.4 Å². The number of hydrogen-bond donors (Lipinski definition) is 4. The smallest absolute Gasteiger partial charge is 0.159 e. The van der Waals surface area contributed by atoms with Crippen molar-refractivity contribution in [2.24, 2.45) is 21.8 Å². The van der Waals surface area contributed by atoms with Crippen molar-refractivity contribution in [2.45, 2.75) is 111 Å². The average Bonchev–Trinajstić information content (AvgIpc) is 3.99. The van der Waals surface area contributed by atoms with E-state index in [0.717, 1.165) is 33.0 Å². The Bertz CT molecular complexity index is 1760. The SMILES string of the molecule is C=CCC(O)(CC=C)[C@H]1O[C@@H]2SC(=NC)N[C@@H]2[C@@H](OCc2ccc(OC)cc2)[C@@H]1C.CN=C1N[C@@H]2[C@@H](OCc3ccc(OC)cc3)[C@H](C)[C@@H](C3(O)CC=CC3)O[C@@H]2S1. The minimum atomic E-state index is -1.08. The molecule has 7 rings (SSSR count). The van der Waals surface area contributed by atoms with Gasteiger partial charge in [-0.1, -0.05) is 85.9 Å². The molecule has 12 nitrogen and oxygen atoms in total. The predicted octanol–water partition coefficient (Wildman–Crippen LogP) is 6.23. The topological polar surface area (TPSA) is 145 Å². The number of ether oxygens (including phenoxy) is 6. The van der Waals surface area contributed by atoms with Gasteiger partial charge in [-0.05, 0) is 61.1 Å². The first kappa shape index (κ1) is 44.2. The lowest BCUT2D eigenvalue weighted by atomic mass is 9.77. The fourth-order valence-electron chi connectivity index (χ4n) is 8.60. The molecule has 4 saturated heterocycles. The number of aliphatic imine (C=N–C) groups is 2. The van der Waals surface area contributed by atoms with Gasteiger partial charge in [0.2, 0.25) is 0 Å². The molecule has 0 radical (unpaired) electrons. The maximum Gasteiger partial charge on any atom is 0.159 e. The maximum absolute atomic E-state index is 11.4. The van der Waals surface area contributed by atoms with Crippen molar-refractivity contribution in [3.63, 3.8) is 0 Å². The molecule has 4 N–H and O–H groups in total. The number of benzene rings is 2. The van der Waals surface area contributed by atoms with E-state index in [-0.39, 0.29) is 53.1 Å². The predicted molar refractivity (Wildman–Crippen MR) is 232 cm³/mol. The van der Waals surface area contributed by atoms with Gasteiger partial charge in [-0.25, -0.2) is 0 Å². The highest BCUT2D eigenvalue weighted by molar-refractivity contribution is 8.14. The third-order valence-electron chi connectivity index (χ3n) is 11.7. The summed E-state index contributed by atoms with van der Waals surface area (Å²) < 4.78 is 36.1. The molecule has 58 heavy (non-hydrogen) atoms. The zero-order chi connectivity index (χ0) is 41.5. The van der Waals surface area contributed by atoms with Gasteiger partial charge in [-0.2, -0.15) is 0 Å². The molecule has 4 heterocycles. The summed E-state index contributed by atoms with van der Waals surface area (Å²) >= 11 is 3.12. The molecule has 316 valence electrons. The summed E-state index contributed by atoms with van der Waals surface area (Å²) in [5, 5.41) is 31.2. The van der Waals surface area contributed by atoms with E-state index in [1.165, 1.54) is 0 Å². The molecule has 0 spiro atoms. The number of hydrogen-bond acceptors (Lipinski definition) is 12. The quantitative estimate of drug-likeness (QED) is 0.160. The lowest BCUT2D eigenvalue weighted by molar-refractivity contribution is -0.203. The monoisotopic (exact) mass is 836 g/mol. The number of rotatable bonds is 14. The van der Waals surface area contributed by atoms with Gasteiger partial charge in [0, 0.05) is 25.9 Å². The lowest BCUT2D eigenvalue weighted by Gasteiger charge is -2.48. The number of thioether (sulfide) groups is 2. The van der Waals surface area contributed by atoms with E-state index in [0.29, 0.717) is 38.9 Å². The summed E-state index contributed by atoms with van der Waals surface area (Å²) in [4.78, 5) is 8.59. The van der Waals surface area contributed by atoms with E-state index in [1.54, 1.807) is 64.0 Å². The number of aliphatic hydroxyl groups is 2. The molecule has 5 aliphatic rings. The molecular formula is C44H60N4O8S2. The Morgan fingerprint density at radius 3 is 1.66 bits per heavy atom. The van der Waals surface area contributed by atoms with Gasteiger partial charge in [0.15, 0.2) is 10.3 Å². The molecule has 0 saturated carbocycles. The van der Waals surface area contributed by atoms with E-state index in [4.69, 9.17) is 28.4 Å². The van der Waals surface area contributed by atoms with Crippen molar-refractivity contribution in [1.82, 2.24) is 10.6 Å². The largest absolute Gasteiger partial charge is 0.497 e. The van der Waals surface area contributed by atoms with Crippen LogP contribution in [0.4, 0.5) is 0 Å². The van der Waals surface area contributed by atoms with Crippen molar-refractivity contribution in [1.29, 1.82) is 0 Å². The van der Waals surface area contributed by atoms with Crippen LogP contribution >= 0.6 is 23.5 Å². The van der Waals surface area contributed by atoms with E-state index in [9.17, 15) is 10.2 Å². The zero-order valence-electron chi connectivity index (χ0n) is 34.4. The van der Waals surface area contributed by atoms with Crippen LogP contribution in [0.1, 0.15) is 50.7 Å². The minimum absolute atomic E-state index is 0.00570. The van der Waals surface area contributed by atoms with Gasteiger partial charge in [-0.15, -0.1) is 13.2 Å². The number of amidine groups is 2. The number of nitrogens with zero attached hydrogens (tertiary/aromatic N) is 2. The normalized spacial score (nSPS) is 32.3. The van der Waals surface area contributed by atoms with Crippen molar-refractivity contribution >= 4 is 33.9 Å². The van der Waals surface area contributed by atoms with E-state index in [2.05, 4.69) is 47.6 Å². The molecule has 0 aromatic heterocycles. The van der Waals surface area contributed by atoms with Crippen LogP contribution in [0.2, 0.25) is 0 Å².